The summed E-state index contributed by atoms with van der Waals surface area (Å²) in [5.74, 6) is 0.802. The highest BCUT2D eigenvalue weighted by atomic mass is 32.2. The first-order valence-electron chi connectivity index (χ1n) is 8.15. The van der Waals surface area contributed by atoms with Crippen molar-refractivity contribution in [1.29, 1.82) is 0 Å². The summed E-state index contributed by atoms with van der Waals surface area (Å²) in [5, 5.41) is 3.68. The second-order valence-corrected chi connectivity index (χ2v) is 6.58. The zero-order valence-electron chi connectivity index (χ0n) is 14.7. The van der Waals surface area contributed by atoms with E-state index in [0.29, 0.717) is 18.2 Å². The third-order valence-electron chi connectivity index (χ3n) is 3.81. The number of carbonyl (C=O) groups is 1. The number of amides is 1. The number of para-hydroxylation sites is 1. The number of hydrogen-bond donors (Lipinski definition) is 1. The van der Waals surface area contributed by atoms with Crippen molar-refractivity contribution >= 4 is 17.7 Å². The lowest BCUT2D eigenvalue weighted by Gasteiger charge is -2.10. The summed E-state index contributed by atoms with van der Waals surface area (Å²) in [7, 11) is 1.57. The number of methoxy groups -OCH3 is 1. The van der Waals surface area contributed by atoms with Crippen molar-refractivity contribution in [1.82, 2.24) is 19.9 Å². The number of rotatable bonds is 7. The van der Waals surface area contributed by atoms with E-state index in [9.17, 15) is 4.79 Å². The number of aromatic nitrogens is 3. The van der Waals surface area contributed by atoms with Gasteiger partial charge in [-0.15, -0.1) is 0 Å². The summed E-state index contributed by atoms with van der Waals surface area (Å²) in [6, 6.07) is 11.7. The monoisotopic (exact) mass is 368 g/mol. The third kappa shape index (κ3) is 4.43. The van der Waals surface area contributed by atoms with Crippen LogP contribution in [0.1, 0.15) is 11.1 Å². The molecule has 0 saturated heterocycles. The summed E-state index contributed by atoms with van der Waals surface area (Å²) < 4.78 is 7.02. The van der Waals surface area contributed by atoms with Crippen molar-refractivity contribution < 1.29 is 9.53 Å². The zero-order chi connectivity index (χ0) is 18.4. The zero-order valence-corrected chi connectivity index (χ0v) is 15.5. The standard InChI is InChI=1S/C19H20N4O2S/c1-14-5-3-4-6-16(14)23-10-9-20-19(23)26-13-17(24)21-11-15-7-8-18(25-2)22-12-15/h3-10,12H,11,13H2,1-2H3,(H,21,24). The van der Waals surface area contributed by atoms with Crippen LogP contribution in [0, 0.1) is 6.92 Å². The molecule has 0 saturated carbocycles. The Hall–Kier alpha value is -2.80. The number of thioether (sulfide) groups is 1. The van der Waals surface area contributed by atoms with E-state index < -0.39 is 0 Å². The van der Waals surface area contributed by atoms with Gasteiger partial charge >= 0.3 is 0 Å². The lowest BCUT2D eigenvalue weighted by molar-refractivity contribution is -0.118. The summed E-state index contributed by atoms with van der Waals surface area (Å²) in [4.78, 5) is 20.6. The van der Waals surface area contributed by atoms with Gasteiger partial charge in [0.1, 0.15) is 0 Å². The first kappa shape index (κ1) is 18.0. The van der Waals surface area contributed by atoms with Crippen molar-refractivity contribution in [2.75, 3.05) is 12.9 Å². The molecule has 0 fully saturated rings. The number of hydrogen-bond acceptors (Lipinski definition) is 5. The van der Waals surface area contributed by atoms with Gasteiger partial charge in [0.15, 0.2) is 5.16 Å². The van der Waals surface area contributed by atoms with E-state index in [1.807, 2.05) is 35.0 Å². The van der Waals surface area contributed by atoms with Crippen LogP contribution in [-0.2, 0) is 11.3 Å². The highest BCUT2D eigenvalue weighted by Crippen LogP contribution is 2.22. The molecule has 1 aromatic carbocycles. The maximum Gasteiger partial charge on any atom is 0.230 e. The first-order valence-corrected chi connectivity index (χ1v) is 9.13. The molecule has 7 heteroatoms. The molecule has 0 bridgehead atoms. The summed E-state index contributed by atoms with van der Waals surface area (Å²) >= 11 is 1.41. The minimum absolute atomic E-state index is 0.0508. The lowest BCUT2D eigenvalue weighted by Crippen LogP contribution is -2.24. The molecule has 0 atom stereocenters. The van der Waals surface area contributed by atoms with E-state index in [0.717, 1.165) is 22.0 Å². The van der Waals surface area contributed by atoms with Gasteiger partial charge in [-0.25, -0.2) is 9.97 Å². The van der Waals surface area contributed by atoms with E-state index in [4.69, 9.17) is 4.74 Å². The molecule has 0 aliphatic heterocycles. The quantitative estimate of drug-likeness (QED) is 0.649. The van der Waals surface area contributed by atoms with Crippen LogP contribution < -0.4 is 10.1 Å². The number of ether oxygens (including phenoxy) is 1. The van der Waals surface area contributed by atoms with E-state index in [-0.39, 0.29) is 5.91 Å². The van der Waals surface area contributed by atoms with E-state index in [1.165, 1.54) is 11.8 Å². The van der Waals surface area contributed by atoms with E-state index in [1.54, 1.807) is 25.6 Å². The Morgan fingerprint density at radius 2 is 2.08 bits per heavy atom. The molecule has 0 aliphatic carbocycles. The van der Waals surface area contributed by atoms with Crippen molar-refractivity contribution in [3.63, 3.8) is 0 Å². The smallest absolute Gasteiger partial charge is 0.230 e. The highest BCUT2D eigenvalue weighted by molar-refractivity contribution is 7.99. The molecule has 134 valence electrons. The highest BCUT2D eigenvalue weighted by Gasteiger charge is 2.10. The van der Waals surface area contributed by atoms with Crippen molar-refractivity contribution in [2.45, 2.75) is 18.6 Å². The molecule has 3 rings (SSSR count). The maximum absolute atomic E-state index is 12.1. The summed E-state index contributed by atoms with van der Waals surface area (Å²) in [6.45, 7) is 2.49. The van der Waals surface area contributed by atoms with Crippen LogP contribution in [0.3, 0.4) is 0 Å². The normalized spacial score (nSPS) is 10.5. The molecule has 1 N–H and O–H groups in total. The largest absolute Gasteiger partial charge is 0.481 e. The van der Waals surface area contributed by atoms with Gasteiger partial charge in [-0.1, -0.05) is 36.0 Å². The van der Waals surface area contributed by atoms with Crippen LogP contribution in [0.25, 0.3) is 5.69 Å². The van der Waals surface area contributed by atoms with Crippen molar-refractivity contribution in [3.8, 4) is 11.6 Å². The van der Waals surface area contributed by atoms with Gasteiger partial charge in [0, 0.05) is 31.2 Å². The number of carbonyl (C=O) groups excluding carboxylic acids is 1. The van der Waals surface area contributed by atoms with Gasteiger partial charge in [0.2, 0.25) is 11.8 Å². The molecule has 3 aromatic rings. The van der Waals surface area contributed by atoms with Gasteiger partial charge in [0.25, 0.3) is 0 Å². The number of nitrogens with zero attached hydrogens (tertiary/aromatic N) is 3. The topological polar surface area (TPSA) is 69.0 Å². The fourth-order valence-electron chi connectivity index (χ4n) is 2.43. The van der Waals surface area contributed by atoms with Gasteiger partial charge < -0.3 is 10.1 Å². The average Bonchev–Trinajstić information content (AvgIpc) is 3.14. The molecule has 26 heavy (non-hydrogen) atoms. The molecule has 6 nitrogen and oxygen atoms in total. The Labute approximate surface area is 156 Å². The Morgan fingerprint density at radius 1 is 1.23 bits per heavy atom. The Morgan fingerprint density at radius 3 is 2.81 bits per heavy atom. The minimum atomic E-state index is -0.0508. The van der Waals surface area contributed by atoms with Gasteiger partial charge in [-0.2, -0.15) is 0 Å². The van der Waals surface area contributed by atoms with Gasteiger partial charge in [0.05, 0.1) is 18.6 Å². The van der Waals surface area contributed by atoms with Crippen LogP contribution in [0.15, 0.2) is 60.1 Å². The second kappa shape index (κ2) is 8.53. The molecule has 0 unspecified atom stereocenters. The van der Waals surface area contributed by atoms with E-state index >= 15 is 0 Å². The molecular formula is C19H20N4O2S. The SMILES string of the molecule is COc1ccc(CNC(=O)CSc2nccn2-c2ccccc2C)cn1. The minimum Gasteiger partial charge on any atom is -0.481 e. The Bertz CT molecular complexity index is 877. The van der Waals surface area contributed by atoms with Crippen LogP contribution in [0.2, 0.25) is 0 Å². The number of aryl methyl sites for hydroxylation is 1. The van der Waals surface area contributed by atoms with Crippen LogP contribution >= 0.6 is 11.8 Å². The number of pyridine rings is 1. The van der Waals surface area contributed by atoms with Crippen LogP contribution in [-0.4, -0.2) is 33.3 Å². The first-order chi connectivity index (χ1) is 12.7. The lowest BCUT2D eigenvalue weighted by atomic mass is 10.2. The van der Waals surface area contributed by atoms with Gasteiger partial charge in [-0.3, -0.25) is 9.36 Å². The molecule has 0 aliphatic rings. The molecule has 1 amide bonds. The summed E-state index contributed by atoms with van der Waals surface area (Å²) in [5.41, 5.74) is 3.14. The van der Waals surface area contributed by atoms with Crippen molar-refractivity contribution in [2.24, 2.45) is 0 Å². The van der Waals surface area contributed by atoms with Crippen LogP contribution in [0.4, 0.5) is 0 Å². The molecular weight excluding hydrogens is 348 g/mol. The predicted molar refractivity (Wildman–Crippen MR) is 102 cm³/mol. The number of imidazole rings is 1. The molecule has 0 radical (unpaired) electrons. The van der Waals surface area contributed by atoms with Crippen molar-refractivity contribution in [3.05, 3.63) is 66.1 Å². The average molecular weight is 368 g/mol. The summed E-state index contributed by atoms with van der Waals surface area (Å²) in [6.07, 6.45) is 5.35. The second-order valence-electron chi connectivity index (χ2n) is 5.64. The number of benzene rings is 1. The Balaban J connectivity index is 1.55. The fourth-order valence-corrected chi connectivity index (χ4v) is 3.23. The molecule has 2 aromatic heterocycles. The van der Waals surface area contributed by atoms with Gasteiger partial charge in [-0.05, 0) is 24.1 Å². The molecule has 2 heterocycles. The van der Waals surface area contributed by atoms with Crippen LogP contribution in [0.5, 0.6) is 5.88 Å². The number of nitrogens with one attached hydrogen (secondary N) is 1. The Kier molecular flexibility index (Phi) is 5.91. The molecule has 0 spiro atoms. The fraction of sp³-hybridized carbons (Fsp3) is 0.211. The third-order valence-corrected chi connectivity index (χ3v) is 4.78. The maximum atomic E-state index is 12.1. The van der Waals surface area contributed by atoms with E-state index in [2.05, 4.69) is 28.3 Å². The predicted octanol–water partition coefficient (Wildman–Crippen LogP) is 2.99.